The molecule has 1 aliphatic heterocycles. The molecule has 1 fully saturated rings. The van der Waals surface area contributed by atoms with Gasteiger partial charge >= 0.3 is 0 Å². The molecular weight excluding hydrogens is 378 g/mol. The van der Waals surface area contributed by atoms with E-state index >= 15 is 0 Å². The number of rotatable bonds is 7. The highest BCUT2D eigenvalue weighted by Gasteiger charge is 2.23. The van der Waals surface area contributed by atoms with Gasteiger partial charge < -0.3 is 9.88 Å². The Labute approximate surface area is 177 Å². The van der Waals surface area contributed by atoms with Crippen LogP contribution in [0.2, 0.25) is 0 Å². The van der Waals surface area contributed by atoms with Crippen molar-refractivity contribution >= 4 is 28.1 Å². The summed E-state index contributed by atoms with van der Waals surface area (Å²) in [7, 11) is 0. The smallest absolute Gasteiger partial charge is 0.239 e. The van der Waals surface area contributed by atoms with Crippen LogP contribution >= 0.6 is 11.3 Å². The van der Waals surface area contributed by atoms with Crippen molar-refractivity contribution in [3.8, 4) is 10.6 Å². The average Bonchev–Trinajstić information content (AvgIpc) is 3.35. The maximum Gasteiger partial charge on any atom is 0.239 e. The predicted molar refractivity (Wildman–Crippen MR) is 122 cm³/mol. The topological polar surface area (TPSA) is 37.3 Å². The third kappa shape index (κ3) is 4.57. The number of fused-ring (bicyclic) bond motifs is 1. The summed E-state index contributed by atoms with van der Waals surface area (Å²) in [5.74, 6) is 0.0869. The quantitative estimate of drug-likeness (QED) is 0.549. The second-order valence-corrected chi connectivity index (χ2v) is 9.17. The first-order valence-electron chi connectivity index (χ1n) is 10.8. The number of hydrogen-bond donors (Lipinski definition) is 1. The van der Waals surface area contributed by atoms with E-state index in [9.17, 15) is 4.79 Å². The summed E-state index contributed by atoms with van der Waals surface area (Å²) < 4.78 is 2.14. The molecule has 4 rings (SSSR count). The van der Waals surface area contributed by atoms with E-state index in [-0.39, 0.29) is 5.91 Å². The van der Waals surface area contributed by atoms with Crippen LogP contribution in [0.3, 0.4) is 0 Å². The Hall–Kier alpha value is -2.11. The van der Waals surface area contributed by atoms with Crippen molar-refractivity contribution in [2.45, 2.75) is 58.2 Å². The first kappa shape index (κ1) is 20.2. The Morgan fingerprint density at radius 2 is 1.93 bits per heavy atom. The molecule has 29 heavy (non-hydrogen) atoms. The fraction of sp³-hybridized carbons (Fsp3) is 0.458. The van der Waals surface area contributed by atoms with Crippen molar-refractivity contribution in [1.29, 1.82) is 0 Å². The molecule has 0 saturated carbocycles. The zero-order valence-electron chi connectivity index (χ0n) is 17.4. The van der Waals surface area contributed by atoms with Crippen LogP contribution in [0.15, 0.2) is 47.8 Å². The minimum atomic E-state index is 0.0869. The van der Waals surface area contributed by atoms with Crippen LogP contribution in [-0.4, -0.2) is 40.5 Å². The molecule has 0 spiro atoms. The van der Waals surface area contributed by atoms with Gasteiger partial charge in [0.15, 0.2) is 0 Å². The van der Waals surface area contributed by atoms with Gasteiger partial charge in [0, 0.05) is 36.1 Å². The Bertz CT molecular complexity index is 936. The number of nitrogens with zero attached hydrogens (tertiary/aromatic N) is 2. The highest BCUT2D eigenvalue weighted by molar-refractivity contribution is 7.13. The molecule has 3 aromatic rings. The molecule has 1 aliphatic rings. The summed E-state index contributed by atoms with van der Waals surface area (Å²) in [6.45, 7) is 6.82. The third-order valence-corrected chi connectivity index (χ3v) is 7.07. The van der Waals surface area contributed by atoms with E-state index in [2.05, 4.69) is 64.3 Å². The number of thiophene rings is 1. The first-order chi connectivity index (χ1) is 14.1. The molecule has 2 atom stereocenters. The fourth-order valence-electron chi connectivity index (χ4n) is 4.61. The number of hydrogen-bond acceptors (Lipinski definition) is 3. The SMILES string of the molecule is C[C@H]1CCC[C@H](C)N1CCCNC(=O)Cn1c(-c2cccs2)cc2ccccc21. The second kappa shape index (κ2) is 9.14. The van der Waals surface area contributed by atoms with Gasteiger partial charge in [0.25, 0.3) is 0 Å². The van der Waals surface area contributed by atoms with Gasteiger partial charge in [-0.2, -0.15) is 0 Å². The van der Waals surface area contributed by atoms with Gasteiger partial charge in [0.1, 0.15) is 6.54 Å². The van der Waals surface area contributed by atoms with Gasteiger partial charge in [-0.3, -0.25) is 9.69 Å². The largest absolute Gasteiger partial charge is 0.355 e. The monoisotopic (exact) mass is 409 g/mol. The number of nitrogens with one attached hydrogen (secondary N) is 1. The van der Waals surface area contributed by atoms with Gasteiger partial charge in [0.05, 0.1) is 10.6 Å². The molecule has 0 radical (unpaired) electrons. The van der Waals surface area contributed by atoms with Gasteiger partial charge in [-0.15, -0.1) is 11.3 Å². The number of carbonyl (C=O) groups excluding carboxylic acids is 1. The van der Waals surface area contributed by atoms with Crippen LogP contribution in [0.1, 0.15) is 39.5 Å². The standard InChI is InChI=1S/C24H31N3OS/c1-18-8-5-9-19(2)26(18)14-7-13-25-24(28)17-27-21-11-4-3-10-20(21)16-22(27)23-12-6-15-29-23/h3-4,6,10-12,15-16,18-19H,5,7-9,13-14,17H2,1-2H3,(H,25,28)/t18-,19-/m0/s1. The van der Waals surface area contributed by atoms with E-state index in [1.54, 1.807) is 11.3 Å². The van der Waals surface area contributed by atoms with Crippen LogP contribution in [-0.2, 0) is 11.3 Å². The lowest BCUT2D eigenvalue weighted by atomic mass is 9.97. The van der Waals surface area contributed by atoms with Crippen LogP contribution in [0, 0.1) is 0 Å². The summed E-state index contributed by atoms with van der Waals surface area (Å²) >= 11 is 1.71. The molecule has 5 heteroatoms. The van der Waals surface area contributed by atoms with Crippen LogP contribution in [0.5, 0.6) is 0 Å². The summed E-state index contributed by atoms with van der Waals surface area (Å²) in [6.07, 6.45) is 4.93. The normalized spacial score (nSPS) is 20.2. The molecule has 154 valence electrons. The first-order valence-corrected chi connectivity index (χ1v) is 11.7. The van der Waals surface area contributed by atoms with E-state index in [0.717, 1.165) is 30.7 Å². The minimum absolute atomic E-state index is 0.0869. The Morgan fingerprint density at radius 1 is 1.14 bits per heavy atom. The fourth-order valence-corrected chi connectivity index (χ4v) is 5.36. The lowest BCUT2D eigenvalue weighted by Gasteiger charge is -2.39. The predicted octanol–water partition coefficient (Wildman–Crippen LogP) is 5.14. The van der Waals surface area contributed by atoms with Crippen molar-refractivity contribution in [3.63, 3.8) is 0 Å². The summed E-state index contributed by atoms with van der Waals surface area (Å²) in [5.41, 5.74) is 2.23. The van der Waals surface area contributed by atoms with Crippen molar-refractivity contribution in [3.05, 3.63) is 47.8 Å². The molecule has 3 heterocycles. The number of likely N-dealkylation sites (tertiary alicyclic amines) is 1. The van der Waals surface area contributed by atoms with Crippen LogP contribution < -0.4 is 5.32 Å². The molecule has 0 unspecified atom stereocenters. The Kier molecular flexibility index (Phi) is 6.36. The van der Waals surface area contributed by atoms with E-state index in [0.29, 0.717) is 18.6 Å². The number of amides is 1. The highest BCUT2D eigenvalue weighted by Crippen LogP contribution is 2.31. The zero-order chi connectivity index (χ0) is 20.2. The van der Waals surface area contributed by atoms with E-state index in [4.69, 9.17) is 0 Å². The van der Waals surface area contributed by atoms with Gasteiger partial charge in [0.2, 0.25) is 5.91 Å². The van der Waals surface area contributed by atoms with E-state index in [1.807, 2.05) is 12.1 Å². The van der Waals surface area contributed by atoms with Crippen LogP contribution in [0.4, 0.5) is 0 Å². The molecule has 1 saturated heterocycles. The summed E-state index contributed by atoms with van der Waals surface area (Å²) in [6, 6.07) is 16.0. The number of para-hydroxylation sites is 1. The van der Waals surface area contributed by atoms with E-state index in [1.165, 1.54) is 29.5 Å². The summed E-state index contributed by atoms with van der Waals surface area (Å²) in [5, 5.41) is 6.41. The molecule has 1 aromatic carbocycles. The summed E-state index contributed by atoms with van der Waals surface area (Å²) in [4.78, 5) is 16.5. The van der Waals surface area contributed by atoms with Crippen molar-refractivity contribution in [2.24, 2.45) is 0 Å². The van der Waals surface area contributed by atoms with Gasteiger partial charge in [-0.25, -0.2) is 0 Å². The van der Waals surface area contributed by atoms with E-state index < -0.39 is 0 Å². The molecule has 4 nitrogen and oxygen atoms in total. The third-order valence-electron chi connectivity index (χ3n) is 6.18. The molecule has 0 aliphatic carbocycles. The number of benzene rings is 1. The highest BCUT2D eigenvalue weighted by atomic mass is 32.1. The molecule has 2 aromatic heterocycles. The molecular formula is C24H31N3OS. The number of piperidine rings is 1. The van der Waals surface area contributed by atoms with Crippen molar-refractivity contribution in [1.82, 2.24) is 14.8 Å². The van der Waals surface area contributed by atoms with Crippen molar-refractivity contribution in [2.75, 3.05) is 13.1 Å². The van der Waals surface area contributed by atoms with Gasteiger partial charge in [-0.05, 0) is 56.7 Å². The lowest BCUT2D eigenvalue weighted by molar-refractivity contribution is -0.121. The maximum atomic E-state index is 12.7. The lowest BCUT2D eigenvalue weighted by Crippen LogP contribution is -2.44. The molecule has 1 amide bonds. The molecule has 0 bridgehead atoms. The Morgan fingerprint density at radius 3 is 2.69 bits per heavy atom. The number of aromatic nitrogens is 1. The van der Waals surface area contributed by atoms with Gasteiger partial charge in [-0.1, -0.05) is 30.7 Å². The second-order valence-electron chi connectivity index (χ2n) is 8.22. The minimum Gasteiger partial charge on any atom is -0.355 e. The average molecular weight is 410 g/mol. The number of carbonyl (C=O) groups is 1. The molecule has 1 N–H and O–H groups in total. The van der Waals surface area contributed by atoms with Crippen molar-refractivity contribution < 1.29 is 4.79 Å². The Balaban J connectivity index is 1.37. The van der Waals surface area contributed by atoms with Crippen LogP contribution in [0.25, 0.3) is 21.5 Å². The maximum absolute atomic E-state index is 12.7. The zero-order valence-corrected chi connectivity index (χ0v) is 18.3.